The molecular weight excluding hydrogens is 354 g/mol. The number of aryl methyl sites for hydroxylation is 2. The van der Waals surface area contributed by atoms with Gasteiger partial charge < -0.3 is 5.11 Å². The van der Waals surface area contributed by atoms with E-state index >= 15 is 0 Å². The van der Waals surface area contributed by atoms with Gasteiger partial charge >= 0.3 is 5.69 Å². The lowest BCUT2D eigenvalue weighted by Gasteiger charge is -2.10. The van der Waals surface area contributed by atoms with Gasteiger partial charge in [-0.1, -0.05) is 42.8 Å². The Labute approximate surface area is 161 Å². The highest BCUT2D eigenvalue weighted by atomic mass is 16.3. The number of nitrogens with zero attached hydrogens (tertiary/aromatic N) is 2. The van der Waals surface area contributed by atoms with E-state index in [1.165, 1.54) is 0 Å². The minimum Gasteiger partial charge on any atom is -0.494 e. The number of nitrogens with one attached hydrogen (secondary N) is 1. The van der Waals surface area contributed by atoms with Gasteiger partial charge in [-0.2, -0.15) is 0 Å². The van der Waals surface area contributed by atoms with Crippen molar-refractivity contribution in [3.63, 3.8) is 0 Å². The summed E-state index contributed by atoms with van der Waals surface area (Å²) in [7, 11) is 0. The van der Waals surface area contributed by atoms with E-state index in [1.807, 2.05) is 37.3 Å². The molecule has 2 heterocycles. The first-order valence-corrected chi connectivity index (χ1v) is 9.03. The van der Waals surface area contributed by atoms with Gasteiger partial charge in [0.1, 0.15) is 5.56 Å². The predicted octanol–water partition coefficient (Wildman–Crippen LogP) is 3.36. The van der Waals surface area contributed by atoms with Crippen molar-refractivity contribution in [2.75, 3.05) is 0 Å². The summed E-state index contributed by atoms with van der Waals surface area (Å²) in [5.41, 5.74) is 3.75. The van der Waals surface area contributed by atoms with Crippen LogP contribution < -0.4 is 11.2 Å². The van der Waals surface area contributed by atoms with Gasteiger partial charge in [-0.05, 0) is 37.1 Å². The Kier molecular flexibility index (Phi) is 4.31. The molecule has 2 N–H and O–H groups in total. The molecule has 6 heteroatoms. The monoisotopic (exact) mass is 373 g/mol. The Morgan fingerprint density at radius 1 is 1.14 bits per heavy atom. The highest BCUT2D eigenvalue weighted by Gasteiger charge is 2.19. The van der Waals surface area contributed by atoms with E-state index in [-0.39, 0.29) is 5.56 Å². The number of aromatic nitrogens is 2. The summed E-state index contributed by atoms with van der Waals surface area (Å²) in [6.07, 6.45) is 4.08. The van der Waals surface area contributed by atoms with E-state index in [1.54, 1.807) is 24.4 Å². The second kappa shape index (κ2) is 6.81. The summed E-state index contributed by atoms with van der Waals surface area (Å²) in [5, 5.41) is 10.7. The first-order chi connectivity index (χ1) is 13.5. The van der Waals surface area contributed by atoms with E-state index < -0.39 is 17.1 Å². The van der Waals surface area contributed by atoms with Crippen LogP contribution in [-0.4, -0.2) is 20.9 Å². The molecule has 1 aromatic heterocycles. The Bertz CT molecular complexity index is 1250. The van der Waals surface area contributed by atoms with Crippen molar-refractivity contribution in [1.29, 1.82) is 0 Å². The molecule has 0 saturated heterocycles. The smallest absolute Gasteiger partial charge is 0.335 e. The Hall–Kier alpha value is -3.67. The fraction of sp³-hybridized carbons (Fsp3) is 0.136. The van der Waals surface area contributed by atoms with E-state index in [0.29, 0.717) is 11.3 Å². The standard InChI is InChI=1S/C22H19N3O3/c1-3-14-5-4-6-17-15(12-23-19(14)17)11-18-20(26)24-22(28)25(21(18)27)16-9-7-13(2)8-10-16/h4-12,27H,3H2,1-2H3,(H,24,26,28). The SMILES string of the molecule is CCc1cccc2c1N=CC2=Cc1c(O)n(-c2ccc(C)cc2)c(=O)[nH]c1=O. The number of para-hydroxylation sites is 1. The fourth-order valence-electron chi connectivity index (χ4n) is 3.34. The average Bonchev–Trinajstić information content (AvgIpc) is 3.09. The molecule has 1 aliphatic rings. The van der Waals surface area contributed by atoms with Gasteiger partial charge in [-0.15, -0.1) is 0 Å². The van der Waals surface area contributed by atoms with Gasteiger partial charge in [0, 0.05) is 17.4 Å². The van der Waals surface area contributed by atoms with Crippen LogP contribution in [0, 0.1) is 6.92 Å². The number of allylic oxidation sites excluding steroid dienone is 1. The normalized spacial score (nSPS) is 13.9. The lowest BCUT2D eigenvalue weighted by molar-refractivity contribution is 0.429. The van der Waals surface area contributed by atoms with Crippen LogP contribution in [0.15, 0.2) is 57.0 Å². The molecule has 140 valence electrons. The van der Waals surface area contributed by atoms with Gasteiger partial charge in [0.05, 0.1) is 11.4 Å². The number of aliphatic imine (C=N–C) groups is 1. The van der Waals surface area contributed by atoms with E-state index in [0.717, 1.165) is 33.4 Å². The molecule has 0 unspecified atom stereocenters. The Morgan fingerprint density at radius 3 is 2.61 bits per heavy atom. The molecule has 0 saturated carbocycles. The summed E-state index contributed by atoms with van der Waals surface area (Å²) < 4.78 is 1.09. The summed E-state index contributed by atoms with van der Waals surface area (Å²) in [6, 6.07) is 13.0. The van der Waals surface area contributed by atoms with Crippen LogP contribution >= 0.6 is 0 Å². The summed E-state index contributed by atoms with van der Waals surface area (Å²) in [4.78, 5) is 31.5. The minimum atomic E-state index is -0.692. The maximum absolute atomic E-state index is 12.4. The highest BCUT2D eigenvalue weighted by Crippen LogP contribution is 2.36. The Morgan fingerprint density at radius 2 is 1.89 bits per heavy atom. The Balaban J connectivity index is 1.90. The molecule has 0 spiro atoms. The van der Waals surface area contributed by atoms with Crippen LogP contribution in [0.2, 0.25) is 0 Å². The third kappa shape index (κ3) is 2.89. The third-order valence-corrected chi connectivity index (χ3v) is 4.86. The van der Waals surface area contributed by atoms with E-state index in [9.17, 15) is 14.7 Å². The second-order valence-corrected chi connectivity index (χ2v) is 6.69. The van der Waals surface area contributed by atoms with Gasteiger partial charge in [-0.25, -0.2) is 9.36 Å². The van der Waals surface area contributed by atoms with Gasteiger partial charge in [0.15, 0.2) is 0 Å². The number of hydrogen-bond donors (Lipinski definition) is 2. The zero-order valence-corrected chi connectivity index (χ0v) is 15.6. The number of rotatable bonds is 3. The molecule has 6 nitrogen and oxygen atoms in total. The van der Waals surface area contributed by atoms with E-state index in [2.05, 4.69) is 16.9 Å². The van der Waals surface area contributed by atoms with Crippen molar-refractivity contribution in [2.45, 2.75) is 20.3 Å². The quantitative estimate of drug-likeness (QED) is 0.738. The molecule has 2 aromatic carbocycles. The summed E-state index contributed by atoms with van der Waals surface area (Å²) in [6.45, 7) is 3.98. The maximum Gasteiger partial charge on any atom is 0.335 e. The van der Waals surface area contributed by atoms with Gasteiger partial charge in [-0.3, -0.25) is 14.8 Å². The summed E-state index contributed by atoms with van der Waals surface area (Å²) in [5.74, 6) is -0.404. The molecular formula is C22H19N3O3. The lowest BCUT2D eigenvalue weighted by atomic mass is 10.0. The molecule has 0 atom stereocenters. The predicted molar refractivity (Wildman–Crippen MR) is 111 cm³/mol. The third-order valence-electron chi connectivity index (χ3n) is 4.86. The summed E-state index contributed by atoms with van der Waals surface area (Å²) >= 11 is 0. The van der Waals surface area contributed by atoms with Crippen LogP contribution in [0.1, 0.15) is 29.2 Å². The average molecular weight is 373 g/mol. The van der Waals surface area contributed by atoms with Crippen LogP contribution in [0.5, 0.6) is 5.88 Å². The molecule has 3 aromatic rings. The number of H-pyrrole nitrogens is 1. The second-order valence-electron chi connectivity index (χ2n) is 6.69. The molecule has 0 aliphatic carbocycles. The van der Waals surface area contributed by atoms with Crippen LogP contribution in [0.4, 0.5) is 5.69 Å². The number of aromatic amines is 1. The largest absolute Gasteiger partial charge is 0.494 e. The highest BCUT2D eigenvalue weighted by molar-refractivity contribution is 6.21. The minimum absolute atomic E-state index is 0.0105. The molecule has 0 bridgehead atoms. The topological polar surface area (TPSA) is 87.4 Å². The van der Waals surface area contributed by atoms with Crippen molar-refractivity contribution < 1.29 is 5.11 Å². The molecule has 28 heavy (non-hydrogen) atoms. The molecule has 0 fully saturated rings. The maximum atomic E-state index is 12.4. The number of hydrogen-bond acceptors (Lipinski definition) is 4. The van der Waals surface area contributed by atoms with Gasteiger partial charge in [0.2, 0.25) is 5.88 Å². The zero-order chi connectivity index (χ0) is 19.8. The van der Waals surface area contributed by atoms with Crippen molar-refractivity contribution in [3.05, 3.63) is 85.6 Å². The first kappa shape index (κ1) is 17.7. The number of aromatic hydroxyl groups is 1. The molecule has 4 rings (SSSR count). The van der Waals surface area contributed by atoms with Crippen molar-refractivity contribution in [2.24, 2.45) is 4.99 Å². The lowest BCUT2D eigenvalue weighted by Crippen LogP contribution is -2.30. The first-order valence-electron chi connectivity index (χ1n) is 9.03. The molecule has 0 amide bonds. The number of fused-ring (bicyclic) bond motifs is 1. The fourth-order valence-corrected chi connectivity index (χ4v) is 3.34. The molecule has 0 radical (unpaired) electrons. The zero-order valence-electron chi connectivity index (χ0n) is 15.6. The van der Waals surface area contributed by atoms with Crippen molar-refractivity contribution in [3.8, 4) is 11.6 Å². The van der Waals surface area contributed by atoms with Crippen molar-refractivity contribution >= 4 is 23.6 Å². The van der Waals surface area contributed by atoms with Crippen LogP contribution in [0.3, 0.4) is 0 Å². The molecule has 1 aliphatic heterocycles. The van der Waals surface area contributed by atoms with E-state index in [4.69, 9.17) is 0 Å². The van der Waals surface area contributed by atoms with Crippen LogP contribution in [-0.2, 0) is 6.42 Å². The van der Waals surface area contributed by atoms with Crippen molar-refractivity contribution in [1.82, 2.24) is 9.55 Å². The number of benzene rings is 2. The van der Waals surface area contributed by atoms with Gasteiger partial charge in [0.25, 0.3) is 5.56 Å². The van der Waals surface area contributed by atoms with Crippen LogP contribution in [0.25, 0.3) is 17.3 Å².